The highest BCUT2D eigenvalue weighted by atomic mass is 32.2. The summed E-state index contributed by atoms with van der Waals surface area (Å²) in [4.78, 5) is 13.3. The first kappa shape index (κ1) is 29.9. The zero-order valence-electron chi connectivity index (χ0n) is 21.9. The molecule has 0 aromatic heterocycles. The molecule has 2 aliphatic carbocycles. The van der Waals surface area contributed by atoms with Crippen molar-refractivity contribution < 1.29 is 35.2 Å². The predicted molar refractivity (Wildman–Crippen MR) is 138 cm³/mol. The van der Waals surface area contributed by atoms with Crippen LogP contribution in [-0.4, -0.2) is 44.3 Å². The minimum atomic E-state index is -4.93. The molecule has 12 heteroatoms. The van der Waals surface area contributed by atoms with Crippen LogP contribution in [0.2, 0.25) is 0 Å². The Bertz CT molecular complexity index is 1360. The van der Waals surface area contributed by atoms with Crippen LogP contribution >= 0.6 is 0 Å². The van der Waals surface area contributed by atoms with E-state index in [0.29, 0.717) is 43.7 Å². The van der Waals surface area contributed by atoms with Gasteiger partial charge in [-0.05, 0) is 73.3 Å². The van der Waals surface area contributed by atoms with E-state index in [1.54, 1.807) is 0 Å². The van der Waals surface area contributed by atoms with Crippen LogP contribution in [0.1, 0.15) is 50.6 Å². The van der Waals surface area contributed by atoms with Crippen molar-refractivity contribution in [2.45, 2.75) is 73.6 Å². The number of amides is 1. The maximum absolute atomic E-state index is 14.2. The molecule has 0 aliphatic heterocycles. The maximum Gasteiger partial charge on any atom is 0.407 e. The summed E-state index contributed by atoms with van der Waals surface area (Å²) >= 11 is 0. The Morgan fingerprint density at radius 1 is 0.950 bits per heavy atom. The average molecular weight is 584 g/mol. The molecule has 2 saturated carbocycles. The second-order valence-corrected chi connectivity index (χ2v) is 12.9. The zero-order valence-corrected chi connectivity index (χ0v) is 22.8. The van der Waals surface area contributed by atoms with E-state index in [4.69, 9.17) is 0 Å². The number of rotatable bonds is 11. The number of hydrogen-bond donors (Lipinski definition) is 2. The smallest absolute Gasteiger partial charge is 0.336 e. The molecule has 40 heavy (non-hydrogen) atoms. The Balaban J connectivity index is 1.59. The van der Waals surface area contributed by atoms with Crippen LogP contribution in [0.5, 0.6) is 0 Å². The highest BCUT2D eigenvalue weighted by Gasteiger charge is 2.56. The largest absolute Gasteiger partial charge is 0.407 e. The third-order valence-electron chi connectivity index (χ3n) is 7.39. The van der Waals surface area contributed by atoms with Crippen LogP contribution in [0, 0.1) is 23.2 Å². The highest BCUT2D eigenvalue weighted by molar-refractivity contribution is 7.90. The third kappa shape index (κ3) is 6.99. The summed E-state index contributed by atoms with van der Waals surface area (Å²) in [6, 6.07) is 8.75. The first-order valence-corrected chi connectivity index (χ1v) is 14.8. The van der Waals surface area contributed by atoms with E-state index in [-0.39, 0.29) is 22.3 Å². The standard InChI is InChI=1S/C28H30F5N3O3S/c1-26(29,30)15-23(25(37)36-27(16-34,20-9-10-20)21-11-12-21)35-24(28(31,32)33)19-5-3-17(4-6-19)18-7-13-22(14-8-18)40(2,38)39/h3-8,13-14,20-21,23-24,35H,9-12,15H2,1-2H3,(H,36,37)/t23-,24-/m0/s1. The van der Waals surface area contributed by atoms with Gasteiger partial charge in [0.05, 0.1) is 17.0 Å². The molecular formula is C28H30F5N3O3S. The van der Waals surface area contributed by atoms with Crippen molar-refractivity contribution in [1.82, 2.24) is 10.6 Å². The van der Waals surface area contributed by atoms with E-state index in [2.05, 4.69) is 16.7 Å². The molecule has 0 heterocycles. The number of hydrogen-bond acceptors (Lipinski definition) is 5. The van der Waals surface area contributed by atoms with Gasteiger partial charge in [0.1, 0.15) is 11.6 Å². The lowest BCUT2D eigenvalue weighted by Gasteiger charge is -2.33. The number of benzene rings is 2. The van der Waals surface area contributed by atoms with E-state index in [9.17, 15) is 40.4 Å². The molecule has 0 radical (unpaired) electrons. The fourth-order valence-electron chi connectivity index (χ4n) is 5.05. The van der Waals surface area contributed by atoms with Crippen molar-refractivity contribution in [3.05, 3.63) is 54.1 Å². The summed E-state index contributed by atoms with van der Waals surface area (Å²) in [7, 11) is -3.42. The number of nitriles is 1. The number of carbonyl (C=O) groups is 1. The molecule has 1 amide bonds. The molecule has 2 aromatic carbocycles. The average Bonchev–Trinajstić information content (AvgIpc) is 3.76. The van der Waals surface area contributed by atoms with Crippen molar-refractivity contribution in [3.8, 4) is 17.2 Å². The van der Waals surface area contributed by atoms with Crippen LogP contribution < -0.4 is 10.6 Å². The first-order chi connectivity index (χ1) is 18.5. The molecule has 0 spiro atoms. The Morgan fingerprint density at radius 2 is 1.43 bits per heavy atom. The van der Waals surface area contributed by atoms with E-state index < -0.39 is 51.9 Å². The molecule has 2 fully saturated rings. The zero-order chi connectivity index (χ0) is 29.5. The monoisotopic (exact) mass is 583 g/mol. The van der Waals surface area contributed by atoms with E-state index in [1.165, 1.54) is 48.5 Å². The summed E-state index contributed by atoms with van der Waals surface area (Å²) in [6.07, 6.45) is -2.34. The second kappa shape index (κ2) is 10.7. The van der Waals surface area contributed by atoms with Crippen LogP contribution in [0.15, 0.2) is 53.4 Å². The highest BCUT2D eigenvalue weighted by Crippen LogP contribution is 2.52. The number of nitrogens with one attached hydrogen (secondary N) is 2. The summed E-state index contributed by atoms with van der Waals surface area (Å²) in [5.41, 5.74) is -0.488. The second-order valence-electron chi connectivity index (χ2n) is 10.9. The van der Waals surface area contributed by atoms with Gasteiger partial charge in [0.25, 0.3) is 0 Å². The van der Waals surface area contributed by atoms with E-state index >= 15 is 0 Å². The topological polar surface area (TPSA) is 99.1 Å². The maximum atomic E-state index is 14.2. The van der Waals surface area contributed by atoms with Gasteiger partial charge in [-0.25, -0.2) is 17.2 Å². The van der Waals surface area contributed by atoms with Gasteiger partial charge in [-0.15, -0.1) is 0 Å². The van der Waals surface area contributed by atoms with Gasteiger partial charge >= 0.3 is 6.18 Å². The van der Waals surface area contributed by atoms with Crippen molar-refractivity contribution in [2.75, 3.05) is 6.26 Å². The van der Waals surface area contributed by atoms with E-state index in [0.717, 1.165) is 6.26 Å². The number of carbonyl (C=O) groups excluding carboxylic acids is 1. The molecule has 2 aromatic rings. The molecule has 2 aliphatic rings. The molecule has 0 saturated heterocycles. The Kier molecular flexibility index (Phi) is 8.04. The Labute approximate surface area is 229 Å². The normalized spacial score (nSPS) is 18.1. The quantitative estimate of drug-likeness (QED) is 0.338. The number of halogens is 5. The summed E-state index contributed by atoms with van der Waals surface area (Å²) in [5, 5.41) is 14.6. The van der Waals surface area contributed by atoms with Crippen LogP contribution in [0.25, 0.3) is 11.1 Å². The lowest BCUT2D eigenvalue weighted by molar-refractivity contribution is -0.163. The van der Waals surface area contributed by atoms with Gasteiger partial charge in [-0.3, -0.25) is 10.1 Å². The summed E-state index contributed by atoms with van der Waals surface area (Å²) in [5.74, 6) is -4.80. The molecule has 2 atom stereocenters. The van der Waals surface area contributed by atoms with Gasteiger partial charge in [-0.2, -0.15) is 18.4 Å². The first-order valence-electron chi connectivity index (χ1n) is 12.9. The fourth-order valence-corrected chi connectivity index (χ4v) is 5.68. The van der Waals surface area contributed by atoms with Crippen molar-refractivity contribution in [1.29, 1.82) is 5.26 Å². The lowest BCUT2D eigenvalue weighted by atomic mass is 9.88. The Hall–Kier alpha value is -3.04. The molecule has 0 unspecified atom stereocenters. The molecule has 4 rings (SSSR count). The van der Waals surface area contributed by atoms with E-state index in [1.807, 2.05) is 0 Å². The number of alkyl halides is 5. The minimum absolute atomic E-state index is 0.0926. The Morgan fingerprint density at radius 3 is 1.80 bits per heavy atom. The minimum Gasteiger partial charge on any atom is -0.336 e. The molecule has 216 valence electrons. The summed E-state index contributed by atoms with van der Waals surface area (Å²) < 4.78 is 94.2. The van der Waals surface area contributed by atoms with Crippen LogP contribution in [0.3, 0.4) is 0 Å². The third-order valence-corrected chi connectivity index (χ3v) is 8.52. The van der Waals surface area contributed by atoms with Gasteiger partial charge in [0.15, 0.2) is 9.84 Å². The van der Waals surface area contributed by atoms with Gasteiger partial charge in [0.2, 0.25) is 11.8 Å². The lowest BCUT2D eigenvalue weighted by Crippen LogP contribution is -2.58. The number of sulfone groups is 1. The molecular weight excluding hydrogens is 553 g/mol. The predicted octanol–water partition coefficient (Wildman–Crippen LogP) is 5.56. The van der Waals surface area contributed by atoms with Crippen LogP contribution in [0.4, 0.5) is 22.0 Å². The molecule has 0 bridgehead atoms. The van der Waals surface area contributed by atoms with Crippen LogP contribution in [-0.2, 0) is 14.6 Å². The van der Waals surface area contributed by atoms with Crippen molar-refractivity contribution in [2.24, 2.45) is 11.8 Å². The number of nitrogens with zero attached hydrogens (tertiary/aromatic N) is 1. The molecule has 6 nitrogen and oxygen atoms in total. The van der Waals surface area contributed by atoms with Gasteiger partial charge in [0, 0.05) is 12.7 Å². The fraction of sp³-hybridized carbons (Fsp3) is 0.500. The van der Waals surface area contributed by atoms with Gasteiger partial charge in [-0.1, -0.05) is 36.4 Å². The SMILES string of the molecule is CC(F)(F)C[C@H](N[C@@H](c1ccc(-c2ccc(S(C)(=O)=O)cc2)cc1)C(F)(F)F)C(=O)NC(C#N)(C1CC1)C1CC1. The summed E-state index contributed by atoms with van der Waals surface area (Å²) in [6.45, 7) is 0.528. The van der Waals surface area contributed by atoms with Crippen molar-refractivity contribution in [3.63, 3.8) is 0 Å². The van der Waals surface area contributed by atoms with Crippen molar-refractivity contribution >= 4 is 15.7 Å². The van der Waals surface area contributed by atoms with Gasteiger partial charge < -0.3 is 5.32 Å². The molecule has 2 N–H and O–H groups in total.